The maximum absolute atomic E-state index is 4.91. The second-order valence-electron chi connectivity index (χ2n) is 0.679. The van der Waals surface area contributed by atoms with Gasteiger partial charge in [-0.05, 0) is 4.99 Å². The third-order valence-corrected chi connectivity index (χ3v) is 0.167. The van der Waals surface area contributed by atoms with Gasteiger partial charge in [0.05, 0.1) is 0 Å². The van der Waals surface area contributed by atoms with Crippen molar-refractivity contribution in [2.45, 2.75) is 0 Å². The Morgan fingerprint density at radius 1 is 1.57 bits per heavy atom. The smallest absolute Gasteiger partial charge is 0.0104 e. The minimum Gasteiger partial charge on any atom is -0.327 e. The van der Waals surface area contributed by atoms with E-state index in [1.807, 2.05) is 0 Å². The Kier molecular flexibility index (Phi) is 24.1. The zero-order valence-corrected chi connectivity index (χ0v) is 5.82. The molecule has 0 aromatic carbocycles. The lowest BCUT2D eigenvalue weighted by atomic mass is 10.7. The van der Waals surface area contributed by atoms with E-state index in [1.165, 1.54) is 0 Å². The summed E-state index contributed by atoms with van der Waals surface area (Å²) >= 11 is 2.91. The molecular formula is C5H10BrN. The summed E-state index contributed by atoms with van der Waals surface area (Å²) in [7, 11) is 0. The zero-order chi connectivity index (χ0) is 6.12. The first-order chi connectivity index (χ1) is 3.33. The van der Waals surface area contributed by atoms with Crippen LogP contribution in [0.25, 0.3) is 0 Å². The Bertz CT molecular complexity index is 43.3. The highest BCUT2D eigenvalue weighted by Gasteiger charge is 1.43. The van der Waals surface area contributed by atoms with Crippen LogP contribution in [0.1, 0.15) is 0 Å². The van der Waals surface area contributed by atoms with Crippen LogP contribution >= 0.6 is 15.9 Å². The van der Waals surface area contributed by atoms with Gasteiger partial charge in [0, 0.05) is 6.54 Å². The van der Waals surface area contributed by atoms with Crippen molar-refractivity contribution in [1.82, 2.24) is 0 Å². The van der Waals surface area contributed by atoms with Crippen molar-refractivity contribution in [3.8, 4) is 0 Å². The van der Waals surface area contributed by atoms with Gasteiger partial charge in [0.1, 0.15) is 0 Å². The predicted octanol–water partition coefficient (Wildman–Crippen LogP) is 1.66. The average molecular weight is 164 g/mol. The number of hydrogen-bond acceptors (Lipinski definition) is 1. The maximum atomic E-state index is 4.91. The van der Waals surface area contributed by atoms with E-state index in [0.717, 1.165) is 0 Å². The summed E-state index contributed by atoms with van der Waals surface area (Å²) in [6.07, 6.45) is 1.65. The fraction of sp³-hybridized carbons (Fsp3) is 0.200. The third kappa shape index (κ3) is 107. The molecule has 0 aliphatic heterocycles. The fourth-order valence-corrected chi connectivity index (χ4v) is 0. The Morgan fingerprint density at radius 3 is 1.71 bits per heavy atom. The molecule has 0 atom stereocenters. The molecule has 0 saturated carbocycles. The lowest BCUT2D eigenvalue weighted by Gasteiger charge is -1.61. The Labute approximate surface area is 53.0 Å². The highest BCUT2D eigenvalue weighted by atomic mass is 79.9. The molecule has 0 aliphatic carbocycles. The molecule has 0 radical (unpaired) electrons. The van der Waals surface area contributed by atoms with Crippen LogP contribution in [-0.4, -0.2) is 6.54 Å². The topological polar surface area (TPSA) is 26.0 Å². The molecular weight excluding hydrogens is 154 g/mol. The van der Waals surface area contributed by atoms with Crippen molar-refractivity contribution < 1.29 is 0 Å². The van der Waals surface area contributed by atoms with Gasteiger partial charge in [0.15, 0.2) is 0 Å². The molecule has 0 aliphatic rings. The van der Waals surface area contributed by atoms with E-state index in [9.17, 15) is 0 Å². The summed E-state index contributed by atoms with van der Waals surface area (Å²) in [5.41, 5.74) is 4.91. The Hall–Kier alpha value is -0.0800. The summed E-state index contributed by atoms with van der Waals surface area (Å²) in [5, 5.41) is 0. The molecule has 2 heteroatoms. The van der Waals surface area contributed by atoms with E-state index in [0.29, 0.717) is 6.54 Å². The van der Waals surface area contributed by atoms with Crippen molar-refractivity contribution in [3.63, 3.8) is 0 Å². The number of hydrogen-bond donors (Lipinski definition) is 1. The van der Waals surface area contributed by atoms with Gasteiger partial charge in [-0.25, -0.2) is 0 Å². The first kappa shape index (κ1) is 10.0. The van der Waals surface area contributed by atoms with Gasteiger partial charge in [-0.3, -0.25) is 0 Å². The second kappa shape index (κ2) is 16.8. The molecule has 0 heterocycles. The lowest BCUT2D eigenvalue weighted by molar-refractivity contribution is 1.26. The highest BCUT2D eigenvalue weighted by molar-refractivity contribution is 9.11. The van der Waals surface area contributed by atoms with Crippen LogP contribution in [0.2, 0.25) is 0 Å². The van der Waals surface area contributed by atoms with Crippen LogP contribution in [0.4, 0.5) is 0 Å². The van der Waals surface area contributed by atoms with E-state index in [2.05, 4.69) is 29.1 Å². The molecule has 0 rings (SSSR count). The predicted molar refractivity (Wildman–Crippen MR) is 38.4 cm³/mol. The molecule has 2 N–H and O–H groups in total. The molecule has 0 aromatic heterocycles. The summed E-state index contributed by atoms with van der Waals surface area (Å²) in [4.78, 5) is 1.56. The maximum Gasteiger partial charge on any atom is 0.0104 e. The van der Waals surface area contributed by atoms with Crippen molar-refractivity contribution in [1.29, 1.82) is 0 Å². The Morgan fingerprint density at radius 2 is 1.71 bits per heavy atom. The van der Waals surface area contributed by atoms with Crippen molar-refractivity contribution >= 4 is 15.9 Å². The van der Waals surface area contributed by atoms with Crippen LogP contribution < -0.4 is 5.73 Å². The summed E-state index contributed by atoms with van der Waals surface area (Å²) < 4.78 is 0. The average Bonchev–Trinajstić information content (AvgIpc) is 1.69. The van der Waals surface area contributed by atoms with Crippen LogP contribution in [0.5, 0.6) is 0 Å². The van der Waals surface area contributed by atoms with Crippen LogP contribution in [-0.2, 0) is 0 Å². The lowest BCUT2D eigenvalue weighted by Crippen LogP contribution is -1.90. The highest BCUT2D eigenvalue weighted by Crippen LogP contribution is 1.68. The number of rotatable bonds is 1. The molecule has 0 amide bonds. The van der Waals surface area contributed by atoms with Gasteiger partial charge in [0.25, 0.3) is 0 Å². The molecule has 0 bridgehead atoms. The van der Waals surface area contributed by atoms with Crippen LogP contribution in [0.3, 0.4) is 0 Å². The first-order valence-electron chi connectivity index (χ1n) is 1.85. The standard InChI is InChI=1S/C3H7N.C2H3Br/c1-2-3-4;1-2-3/h2H,1,3-4H2;2H,1H2. The molecule has 0 aromatic rings. The molecule has 7 heavy (non-hydrogen) atoms. The van der Waals surface area contributed by atoms with Gasteiger partial charge in [-0.2, -0.15) is 0 Å². The SMILES string of the molecule is C=CBr.C=CCN. The third-order valence-electron chi connectivity index (χ3n) is 0.167. The van der Waals surface area contributed by atoms with Gasteiger partial charge in [-0.15, -0.1) is 6.58 Å². The monoisotopic (exact) mass is 163 g/mol. The van der Waals surface area contributed by atoms with Gasteiger partial charge < -0.3 is 5.73 Å². The molecule has 0 saturated heterocycles. The molecule has 0 unspecified atom stereocenters. The van der Waals surface area contributed by atoms with Crippen LogP contribution in [0.15, 0.2) is 24.2 Å². The van der Waals surface area contributed by atoms with Crippen molar-refractivity contribution in [3.05, 3.63) is 24.2 Å². The van der Waals surface area contributed by atoms with Crippen LogP contribution in [0, 0.1) is 0 Å². The summed E-state index contributed by atoms with van der Waals surface area (Å²) in [5.74, 6) is 0. The minimum atomic E-state index is 0.583. The largest absolute Gasteiger partial charge is 0.327 e. The molecule has 0 fully saturated rings. The van der Waals surface area contributed by atoms with E-state index in [1.54, 1.807) is 11.1 Å². The number of halogens is 1. The minimum absolute atomic E-state index is 0.583. The van der Waals surface area contributed by atoms with Gasteiger partial charge >= 0.3 is 0 Å². The second-order valence-corrected chi connectivity index (χ2v) is 1.33. The van der Waals surface area contributed by atoms with E-state index in [4.69, 9.17) is 5.73 Å². The Balaban J connectivity index is 0. The summed E-state index contributed by atoms with van der Waals surface area (Å²) in [6.45, 7) is 7.22. The summed E-state index contributed by atoms with van der Waals surface area (Å²) in [6, 6.07) is 0. The van der Waals surface area contributed by atoms with Gasteiger partial charge in [0.2, 0.25) is 0 Å². The van der Waals surface area contributed by atoms with Gasteiger partial charge in [-0.1, -0.05) is 28.6 Å². The molecule has 1 nitrogen and oxygen atoms in total. The van der Waals surface area contributed by atoms with E-state index in [-0.39, 0.29) is 0 Å². The normalized spacial score (nSPS) is 5.43. The van der Waals surface area contributed by atoms with E-state index >= 15 is 0 Å². The molecule has 0 spiro atoms. The van der Waals surface area contributed by atoms with E-state index < -0.39 is 0 Å². The quantitative estimate of drug-likeness (QED) is 0.586. The fourth-order valence-electron chi connectivity index (χ4n) is 0. The van der Waals surface area contributed by atoms with Crippen molar-refractivity contribution in [2.24, 2.45) is 5.73 Å². The van der Waals surface area contributed by atoms with Crippen molar-refractivity contribution in [2.75, 3.05) is 6.54 Å². The number of nitrogens with two attached hydrogens (primary N) is 1. The molecule has 42 valence electrons. The first-order valence-corrected chi connectivity index (χ1v) is 2.77. The zero-order valence-electron chi connectivity index (χ0n) is 4.23.